The van der Waals surface area contributed by atoms with Gasteiger partial charge >= 0.3 is 7.80 Å². The highest BCUT2D eigenvalue weighted by Crippen LogP contribution is 2.75. The summed E-state index contributed by atoms with van der Waals surface area (Å²) in [5.41, 5.74) is 5.15. The normalized spacial score (nSPS) is 22.7. The van der Waals surface area contributed by atoms with Crippen molar-refractivity contribution in [3.63, 3.8) is 0 Å². The maximum atomic E-state index is 13.4. The monoisotopic (exact) mass is 587 g/mol. The standard InChI is InChI=1S/C17H19O2P.C16H16OP.C2H6O/c18-13-20(19)16(14-7-3-1-4-8-14)11-12-17(20)15-9-5-2-6-10-15;17-18-15(13-7-3-1-4-8-13)11-12-16(18)14-9-5-2-6-10-14;1-2-3/h1-10,16-18H,11-13H2;1-10,15-16H,11-12H2;3H,2H2,1H3/q;+1;/t16-,17-;15-,16-;/m00./s1. The molecule has 4 nitrogen and oxygen atoms in total. The largest absolute Gasteiger partial charge is 0.397 e. The molecule has 0 saturated carbocycles. The van der Waals surface area contributed by atoms with Crippen molar-refractivity contribution in [2.45, 2.75) is 55.2 Å². The van der Waals surface area contributed by atoms with Crippen molar-refractivity contribution in [2.24, 2.45) is 0 Å². The average Bonchev–Trinajstić information content (AvgIpc) is 3.59. The van der Waals surface area contributed by atoms with Gasteiger partial charge in [-0.1, -0.05) is 126 Å². The highest BCUT2D eigenvalue weighted by atomic mass is 31.2. The number of aliphatic hydroxyl groups excluding tert-OH is 2. The van der Waals surface area contributed by atoms with Crippen LogP contribution >= 0.6 is 14.9 Å². The van der Waals surface area contributed by atoms with Crippen molar-refractivity contribution in [3.8, 4) is 0 Å². The molecule has 4 atom stereocenters. The van der Waals surface area contributed by atoms with Crippen LogP contribution in [0.2, 0.25) is 0 Å². The fourth-order valence-corrected chi connectivity index (χ4v) is 11.6. The van der Waals surface area contributed by atoms with Gasteiger partial charge in [0.05, 0.1) is 6.35 Å². The van der Waals surface area contributed by atoms with Gasteiger partial charge in [-0.3, -0.25) is 0 Å². The number of aliphatic hydroxyl groups is 2. The quantitative estimate of drug-likeness (QED) is 0.228. The van der Waals surface area contributed by atoms with Crippen LogP contribution in [-0.2, 0) is 9.13 Å². The Morgan fingerprint density at radius 3 is 1.17 bits per heavy atom. The molecule has 4 aromatic rings. The lowest BCUT2D eigenvalue weighted by Crippen LogP contribution is -2.02. The van der Waals surface area contributed by atoms with Crippen LogP contribution in [0.1, 0.15) is 77.5 Å². The van der Waals surface area contributed by atoms with Gasteiger partial charge in [0.25, 0.3) is 0 Å². The van der Waals surface area contributed by atoms with E-state index in [-0.39, 0.29) is 35.6 Å². The van der Waals surface area contributed by atoms with Gasteiger partial charge in [0, 0.05) is 41.9 Å². The topological polar surface area (TPSA) is 74.6 Å². The summed E-state index contributed by atoms with van der Waals surface area (Å²) < 4.78 is 26.0. The van der Waals surface area contributed by atoms with Gasteiger partial charge in [-0.2, -0.15) is 0 Å². The van der Waals surface area contributed by atoms with E-state index in [0.29, 0.717) is 0 Å². The summed E-state index contributed by atoms with van der Waals surface area (Å²) in [5, 5.41) is 17.4. The van der Waals surface area contributed by atoms with Crippen LogP contribution in [0.3, 0.4) is 0 Å². The molecule has 2 heterocycles. The van der Waals surface area contributed by atoms with E-state index in [1.807, 2.05) is 97.1 Å². The lowest BCUT2D eigenvalue weighted by atomic mass is 10.0. The first-order valence-electron chi connectivity index (χ1n) is 14.5. The smallest absolute Gasteiger partial charge is 0.354 e. The summed E-state index contributed by atoms with van der Waals surface area (Å²) in [6.07, 6.45) is 3.66. The first kappa shape index (κ1) is 31.1. The Hall–Kier alpha value is -2.87. The molecule has 2 aliphatic rings. The predicted molar refractivity (Wildman–Crippen MR) is 170 cm³/mol. The minimum absolute atomic E-state index is 0.00101. The van der Waals surface area contributed by atoms with Crippen molar-refractivity contribution < 1.29 is 19.3 Å². The highest BCUT2D eigenvalue weighted by molar-refractivity contribution is 7.64. The summed E-state index contributed by atoms with van der Waals surface area (Å²) >= 11 is 0. The zero-order chi connectivity index (χ0) is 29.1. The molecule has 0 radical (unpaired) electrons. The third-order valence-electron chi connectivity index (χ3n) is 8.06. The first-order valence-corrected chi connectivity index (χ1v) is 17.9. The minimum atomic E-state index is -2.66. The summed E-state index contributed by atoms with van der Waals surface area (Å²) in [6.45, 7) is 1.93. The molecule has 41 heavy (non-hydrogen) atoms. The summed E-state index contributed by atoms with van der Waals surface area (Å²) in [6, 6.07) is 40.5. The molecule has 0 aromatic heterocycles. The third kappa shape index (κ3) is 7.51. The first-order chi connectivity index (χ1) is 20.0. The number of hydrogen-bond donors (Lipinski definition) is 2. The highest BCUT2D eigenvalue weighted by Gasteiger charge is 2.48. The van der Waals surface area contributed by atoms with Gasteiger partial charge in [-0.05, 0) is 30.9 Å². The van der Waals surface area contributed by atoms with Gasteiger partial charge in [-0.15, -0.1) is 0 Å². The van der Waals surface area contributed by atoms with Crippen LogP contribution < -0.4 is 0 Å². The Morgan fingerprint density at radius 2 is 0.878 bits per heavy atom. The Kier molecular flexibility index (Phi) is 11.7. The van der Waals surface area contributed by atoms with Crippen LogP contribution in [0, 0.1) is 0 Å². The fraction of sp³-hybridized carbons (Fsp3) is 0.314. The predicted octanol–water partition coefficient (Wildman–Crippen LogP) is 9.66. The summed E-state index contributed by atoms with van der Waals surface area (Å²) in [5.74, 6) is 0. The molecule has 6 heteroatoms. The Morgan fingerprint density at radius 1 is 0.585 bits per heavy atom. The molecule has 2 saturated heterocycles. The van der Waals surface area contributed by atoms with E-state index in [0.717, 1.165) is 36.8 Å². The average molecular weight is 588 g/mol. The molecule has 4 aromatic carbocycles. The van der Waals surface area contributed by atoms with Crippen molar-refractivity contribution in [2.75, 3.05) is 13.0 Å². The number of benzene rings is 4. The second-order valence-electron chi connectivity index (χ2n) is 10.5. The third-order valence-corrected chi connectivity index (χ3v) is 14.1. The van der Waals surface area contributed by atoms with Gasteiger partial charge in [0.2, 0.25) is 0 Å². The fourth-order valence-electron chi connectivity index (χ4n) is 6.12. The molecular weight excluding hydrogens is 546 g/mol. The molecule has 0 bridgehead atoms. The summed E-state index contributed by atoms with van der Waals surface area (Å²) in [7, 11) is -3.85. The molecular formula is C35H41O4P2+. The number of hydrogen-bond acceptors (Lipinski definition) is 4. The van der Waals surface area contributed by atoms with E-state index in [2.05, 4.69) is 24.3 Å². The molecule has 214 valence electrons. The number of rotatable bonds is 5. The van der Waals surface area contributed by atoms with Gasteiger partial charge in [0.15, 0.2) is 11.3 Å². The van der Waals surface area contributed by atoms with E-state index < -0.39 is 14.9 Å². The molecule has 2 aliphatic heterocycles. The van der Waals surface area contributed by atoms with Crippen LogP contribution in [0.5, 0.6) is 0 Å². The molecule has 6 rings (SSSR count). The second-order valence-corrected chi connectivity index (χ2v) is 15.7. The van der Waals surface area contributed by atoms with Crippen molar-refractivity contribution >= 4 is 14.9 Å². The lowest BCUT2D eigenvalue weighted by molar-refractivity contribution is 0.318. The van der Waals surface area contributed by atoms with E-state index in [1.165, 1.54) is 11.1 Å². The van der Waals surface area contributed by atoms with Crippen LogP contribution in [0.15, 0.2) is 121 Å². The van der Waals surface area contributed by atoms with Gasteiger partial charge in [0.1, 0.15) is 7.14 Å². The zero-order valence-corrected chi connectivity index (χ0v) is 25.5. The lowest BCUT2D eigenvalue weighted by Gasteiger charge is -2.24. The van der Waals surface area contributed by atoms with Gasteiger partial charge in [-0.25, -0.2) is 0 Å². The SMILES string of the molecule is CCO.O=P1(CO)[C@H](c2ccccc2)CC[C@H]1c1ccccc1.O=[P+]1[C@H](c2ccccc2)CC[C@H]1c1ccccc1. The van der Waals surface area contributed by atoms with E-state index >= 15 is 0 Å². The second kappa shape index (κ2) is 15.4. The van der Waals surface area contributed by atoms with Crippen molar-refractivity contribution in [3.05, 3.63) is 144 Å². The molecule has 0 amide bonds. The molecule has 0 aliphatic carbocycles. The van der Waals surface area contributed by atoms with Crippen LogP contribution in [0.25, 0.3) is 0 Å². The van der Waals surface area contributed by atoms with Gasteiger partial charge < -0.3 is 14.8 Å². The zero-order valence-electron chi connectivity index (χ0n) is 23.7. The molecule has 2 N–H and O–H groups in total. The molecule has 2 fully saturated rings. The Labute approximate surface area is 245 Å². The molecule has 0 unspecified atom stereocenters. The Balaban J connectivity index is 0.000000173. The van der Waals surface area contributed by atoms with E-state index in [1.54, 1.807) is 6.92 Å². The Bertz CT molecular complexity index is 1280. The minimum Gasteiger partial charge on any atom is -0.397 e. The molecule has 0 spiro atoms. The van der Waals surface area contributed by atoms with Crippen molar-refractivity contribution in [1.82, 2.24) is 0 Å². The van der Waals surface area contributed by atoms with E-state index in [4.69, 9.17) is 5.11 Å². The van der Waals surface area contributed by atoms with Crippen LogP contribution in [0.4, 0.5) is 0 Å². The summed E-state index contributed by atoms with van der Waals surface area (Å²) in [4.78, 5) is 0. The maximum absolute atomic E-state index is 13.4. The van der Waals surface area contributed by atoms with Crippen molar-refractivity contribution in [1.29, 1.82) is 0 Å². The van der Waals surface area contributed by atoms with E-state index in [9.17, 15) is 14.2 Å². The van der Waals surface area contributed by atoms with Crippen LogP contribution in [-0.4, -0.2) is 23.2 Å². The maximum Gasteiger partial charge on any atom is 0.354 e.